The van der Waals surface area contributed by atoms with E-state index in [-0.39, 0.29) is 17.9 Å². The van der Waals surface area contributed by atoms with E-state index in [1.54, 1.807) is 6.92 Å². The summed E-state index contributed by atoms with van der Waals surface area (Å²) in [6, 6.07) is 3.35. The van der Waals surface area contributed by atoms with Gasteiger partial charge in [0.15, 0.2) is 0 Å². The number of ketones is 1. The van der Waals surface area contributed by atoms with Crippen LogP contribution in [0, 0.1) is 5.82 Å². The Morgan fingerprint density at radius 2 is 2.00 bits per heavy atom. The van der Waals surface area contributed by atoms with Gasteiger partial charge in [-0.1, -0.05) is 0 Å². The van der Waals surface area contributed by atoms with E-state index in [0.29, 0.717) is 0 Å². The molecule has 0 radical (unpaired) electrons. The molecule has 5 heteroatoms. The van der Waals surface area contributed by atoms with Crippen LogP contribution < -0.4 is 4.74 Å². The van der Waals surface area contributed by atoms with Crippen LogP contribution in [-0.2, 0) is 9.53 Å². The first-order chi connectivity index (χ1) is 7.58. The maximum Gasteiger partial charge on any atom is 0.379 e. The highest BCUT2D eigenvalue weighted by atomic mass is 19.1. The third-order valence-electron chi connectivity index (χ3n) is 1.83. The number of methoxy groups -OCH3 is 1. The Kier molecular flexibility index (Phi) is 3.99. The third-order valence-corrected chi connectivity index (χ3v) is 1.83. The molecule has 0 saturated carbocycles. The van der Waals surface area contributed by atoms with Gasteiger partial charge in [0.25, 0.3) is 5.78 Å². The van der Waals surface area contributed by atoms with Gasteiger partial charge in [-0.15, -0.1) is 0 Å². The van der Waals surface area contributed by atoms with E-state index in [4.69, 9.17) is 4.74 Å². The van der Waals surface area contributed by atoms with Crippen molar-refractivity contribution in [3.8, 4) is 5.75 Å². The number of halogens is 1. The fourth-order valence-corrected chi connectivity index (χ4v) is 1.13. The maximum absolute atomic E-state index is 13.0. The van der Waals surface area contributed by atoms with Crippen LogP contribution in [0.2, 0.25) is 0 Å². The van der Waals surface area contributed by atoms with Gasteiger partial charge in [0, 0.05) is 11.6 Å². The molecule has 86 valence electrons. The quantitative estimate of drug-likeness (QED) is 0.444. The van der Waals surface area contributed by atoms with Crippen LogP contribution in [0.1, 0.15) is 17.3 Å². The van der Waals surface area contributed by atoms with Crippen molar-refractivity contribution in [2.75, 3.05) is 13.7 Å². The van der Waals surface area contributed by atoms with E-state index in [9.17, 15) is 14.0 Å². The Hall–Kier alpha value is -1.91. The van der Waals surface area contributed by atoms with Gasteiger partial charge >= 0.3 is 5.97 Å². The highest BCUT2D eigenvalue weighted by Crippen LogP contribution is 2.16. The molecule has 16 heavy (non-hydrogen) atoms. The molecule has 0 N–H and O–H groups in total. The zero-order chi connectivity index (χ0) is 12.1. The predicted octanol–water partition coefficient (Wildman–Crippen LogP) is 1.58. The number of ether oxygens (including phenoxy) is 2. The van der Waals surface area contributed by atoms with Gasteiger partial charge in [0.1, 0.15) is 11.6 Å². The number of rotatable bonds is 4. The molecule has 0 aliphatic heterocycles. The molecule has 0 bridgehead atoms. The van der Waals surface area contributed by atoms with E-state index < -0.39 is 17.6 Å². The first-order valence-electron chi connectivity index (χ1n) is 4.64. The van der Waals surface area contributed by atoms with Crippen molar-refractivity contribution in [1.82, 2.24) is 0 Å². The van der Waals surface area contributed by atoms with E-state index in [2.05, 4.69) is 4.74 Å². The van der Waals surface area contributed by atoms with E-state index in [0.717, 1.165) is 12.1 Å². The molecule has 4 nitrogen and oxygen atoms in total. The van der Waals surface area contributed by atoms with Crippen LogP contribution >= 0.6 is 0 Å². The topological polar surface area (TPSA) is 52.6 Å². The third kappa shape index (κ3) is 2.79. The SMILES string of the molecule is CCOC(=O)C(=O)c1cc(F)cc(OC)c1. The predicted molar refractivity (Wildman–Crippen MR) is 53.9 cm³/mol. The van der Waals surface area contributed by atoms with Crippen molar-refractivity contribution < 1.29 is 23.5 Å². The van der Waals surface area contributed by atoms with E-state index >= 15 is 0 Å². The zero-order valence-corrected chi connectivity index (χ0v) is 8.95. The molecule has 1 aromatic carbocycles. The normalized spacial score (nSPS) is 9.69. The molecule has 0 heterocycles. The number of hydrogen-bond acceptors (Lipinski definition) is 4. The number of Topliss-reactive ketones (excluding diaryl/α,β-unsaturated/α-hetero) is 1. The number of carbonyl (C=O) groups excluding carboxylic acids is 2. The highest BCUT2D eigenvalue weighted by molar-refractivity contribution is 6.40. The van der Waals surface area contributed by atoms with Crippen LogP contribution in [0.4, 0.5) is 4.39 Å². The number of benzene rings is 1. The van der Waals surface area contributed by atoms with Crippen LogP contribution in [-0.4, -0.2) is 25.5 Å². The molecule has 0 saturated heterocycles. The minimum absolute atomic E-state index is 0.0877. The number of hydrogen-bond donors (Lipinski definition) is 0. The lowest BCUT2D eigenvalue weighted by Gasteiger charge is -2.04. The maximum atomic E-state index is 13.0. The van der Waals surface area contributed by atoms with Crippen LogP contribution in [0.15, 0.2) is 18.2 Å². The summed E-state index contributed by atoms with van der Waals surface area (Å²) in [4.78, 5) is 22.6. The average Bonchev–Trinajstić information content (AvgIpc) is 2.27. The van der Waals surface area contributed by atoms with Gasteiger partial charge in [0.2, 0.25) is 0 Å². The molecule has 0 amide bonds. The summed E-state index contributed by atoms with van der Waals surface area (Å²) in [5, 5.41) is 0. The monoisotopic (exact) mass is 226 g/mol. The summed E-state index contributed by atoms with van der Waals surface area (Å²) in [6.45, 7) is 1.67. The second-order valence-corrected chi connectivity index (χ2v) is 2.93. The summed E-state index contributed by atoms with van der Waals surface area (Å²) >= 11 is 0. The molecule has 0 atom stereocenters. The van der Waals surface area contributed by atoms with E-state index in [1.807, 2.05) is 0 Å². The second-order valence-electron chi connectivity index (χ2n) is 2.93. The lowest BCUT2D eigenvalue weighted by atomic mass is 10.1. The molecule has 0 fully saturated rings. The van der Waals surface area contributed by atoms with Gasteiger partial charge < -0.3 is 9.47 Å². The second kappa shape index (κ2) is 5.25. The standard InChI is InChI=1S/C11H11FO4/c1-3-16-11(14)10(13)7-4-8(12)6-9(5-7)15-2/h4-6H,3H2,1-2H3. The van der Waals surface area contributed by atoms with Crippen molar-refractivity contribution in [3.05, 3.63) is 29.6 Å². The number of esters is 1. The molecule has 0 aromatic heterocycles. The van der Waals surface area contributed by atoms with Gasteiger partial charge in [-0.3, -0.25) is 4.79 Å². The van der Waals surface area contributed by atoms with Gasteiger partial charge in [0.05, 0.1) is 13.7 Å². The molecule has 0 unspecified atom stereocenters. The first-order valence-corrected chi connectivity index (χ1v) is 4.64. The Labute approximate surface area is 92.0 Å². The largest absolute Gasteiger partial charge is 0.497 e. The van der Waals surface area contributed by atoms with Crippen molar-refractivity contribution in [1.29, 1.82) is 0 Å². The zero-order valence-electron chi connectivity index (χ0n) is 8.95. The Bertz CT molecular complexity index is 414. The van der Waals surface area contributed by atoms with Gasteiger partial charge in [-0.05, 0) is 19.1 Å². The Morgan fingerprint density at radius 3 is 2.56 bits per heavy atom. The average molecular weight is 226 g/mol. The summed E-state index contributed by atoms with van der Waals surface area (Å²) < 4.78 is 22.3. The summed E-state index contributed by atoms with van der Waals surface area (Å²) in [5.74, 6) is -2.37. The molecule has 1 rings (SSSR count). The van der Waals surface area contributed by atoms with Crippen LogP contribution in [0.25, 0.3) is 0 Å². The van der Waals surface area contributed by atoms with Crippen LogP contribution in [0.5, 0.6) is 5.75 Å². The smallest absolute Gasteiger partial charge is 0.379 e. The molecule has 0 aliphatic carbocycles. The molecule has 1 aromatic rings. The lowest BCUT2D eigenvalue weighted by Crippen LogP contribution is -2.17. The minimum Gasteiger partial charge on any atom is -0.497 e. The van der Waals surface area contributed by atoms with Crippen molar-refractivity contribution >= 4 is 11.8 Å². The highest BCUT2D eigenvalue weighted by Gasteiger charge is 2.18. The van der Waals surface area contributed by atoms with Crippen LogP contribution in [0.3, 0.4) is 0 Å². The van der Waals surface area contributed by atoms with Crippen molar-refractivity contribution in [2.24, 2.45) is 0 Å². The Balaban J connectivity index is 2.99. The number of carbonyl (C=O) groups is 2. The summed E-state index contributed by atoms with van der Waals surface area (Å²) in [5.41, 5.74) is -0.0877. The summed E-state index contributed by atoms with van der Waals surface area (Å²) in [6.07, 6.45) is 0. The fraction of sp³-hybridized carbons (Fsp3) is 0.273. The van der Waals surface area contributed by atoms with Gasteiger partial charge in [-0.2, -0.15) is 0 Å². The van der Waals surface area contributed by atoms with Gasteiger partial charge in [-0.25, -0.2) is 9.18 Å². The first kappa shape index (κ1) is 12.2. The Morgan fingerprint density at radius 1 is 1.31 bits per heavy atom. The van der Waals surface area contributed by atoms with E-state index in [1.165, 1.54) is 13.2 Å². The molecular weight excluding hydrogens is 215 g/mol. The van der Waals surface area contributed by atoms with Crippen molar-refractivity contribution in [2.45, 2.75) is 6.92 Å². The molecular formula is C11H11FO4. The molecule has 0 spiro atoms. The lowest BCUT2D eigenvalue weighted by molar-refractivity contribution is -0.137. The fourth-order valence-electron chi connectivity index (χ4n) is 1.13. The minimum atomic E-state index is -1.00. The van der Waals surface area contributed by atoms with Crippen molar-refractivity contribution in [3.63, 3.8) is 0 Å². The summed E-state index contributed by atoms with van der Waals surface area (Å²) in [7, 11) is 1.34. The molecule has 0 aliphatic rings.